The highest BCUT2D eigenvalue weighted by Gasteiger charge is 2.14. The van der Waals surface area contributed by atoms with Crippen LogP contribution in [0.2, 0.25) is 0 Å². The van der Waals surface area contributed by atoms with Crippen molar-refractivity contribution in [1.82, 2.24) is 19.6 Å². The first kappa shape index (κ1) is 13.9. The molecule has 0 aliphatic heterocycles. The molecule has 0 atom stereocenters. The Morgan fingerprint density at radius 3 is 2.79 bits per heavy atom. The quantitative estimate of drug-likeness (QED) is 0.437. The fourth-order valence-corrected chi connectivity index (χ4v) is 4.10. The van der Waals surface area contributed by atoms with E-state index in [2.05, 4.69) is 45.2 Å². The Kier molecular flexibility index (Phi) is 3.08. The van der Waals surface area contributed by atoms with E-state index in [1.807, 2.05) is 41.2 Å². The van der Waals surface area contributed by atoms with E-state index in [1.165, 1.54) is 0 Å². The molecule has 0 radical (unpaired) electrons. The van der Waals surface area contributed by atoms with Crippen LogP contribution in [0.3, 0.4) is 0 Å². The van der Waals surface area contributed by atoms with E-state index in [-0.39, 0.29) is 0 Å². The first-order valence-corrected chi connectivity index (χ1v) is 9.07. The Balaban J connectivity index is 1.63. The summed E-state index contributed by atoms with van der Waals surface area (Å²) in [7, 11) is 0. The third-order valence-corrected chi connectivity index (χ3v) is 5.44. The number of halogens is 1. The van der Waals surface area contributed by atoms with Crippen LogP contribution in [0.25, 0.3) is 37.7 Å². The number of imidazole rings is 1. The fourth-order valence-electron chi connectivity index (χ4n) is 2.83. The molecule has 1 N–H and O–H groups in total. The predicted octanol–water partition coefficient (Wildman–Crippen LogP) is 5.37. The van der Waals surface area contributed by atoms with Crippen molar-refractivity contribution in [2.75, 3.05) is 0 Å². The van der Waals surface area contributed by atoms with Crippen LogP contribution in [-0.2, 0) is 0 Å². The second-order valence-electron chi connectivity index (χ2n) is 5.52. The number of nitrogens with zero attached hydrogens (tertiary/aromatic N) is 3. The molecule has 3 aromatic heterocycles. The lowest BCUT2D eigenvalue weighted by Gasteiger charge is -1.95. The Morgan fingerprint density at radius 2 is 1.96 bits per heavy atom. The fraction of sp³-hybridized carbons (Fsp3) is 0. The van der Waals surface area contributed by atoms with Gasteiger partial charge in [0.1, 0.15) is 5.01 Å². The Bertz CT molecular complexity index is 1140. The van der Waals surface area contributed by atoms with Gasteiger partial charge in [0.05, 0.1) is 11.9 Å². The molecular formula is C18H11BrN4S. The molecule has 0 saturated heterocycles. The van der Waals surface area contributed by atoms with Gasteiger partial charge in [0.2, 0.25) is 4.96 Å². The van der Waals surface area contributed by atoms with Crippen LogP contribution in [0.5, 0.6) is 0 Å². The first-order valence-electron chi connectivity index (χ1n) is 7.46. The number of aromatic amines is 1. The van der Waals surface area contributed by atoms with E-state index >= 15 is 0 Å². The Hall–Kier alpha value is -2.44. The molecule has 0 amide bonds. The summed E-state index contributed by atoms with van der Waals surface area (Å²) in [6, 6.07) is 16.4. The van der Waals surface area contributed by atoms with E-state index in [4.69, 9.17) is 10.1 Å². The summed E-state index contributed by atoms with van der Waals surface area (Å²) in [5, 5.41) is 6.84. The standard InChI is InChI=1S/C18H11BrN4S/c19-12-6-7-15-13(8-12)14(9-20-15)17-22-23-10-16(21-18(23)24-17)11-4-2-1-3-5-11/h1-10,20H. The molecule has 0 spiro atoms. The lowest BCUT2D eigenvalue weighted by Crippen LogP contribution is -1.82. The molecule has 3 heterocycles. The van der Waals surface area contributed by atoms with Gasteiger partial charge in [0.15, 0.2) is 0 Å². The van der Waals surface area contributed by atoms with Crippen molar-refractivity contribution in [1.29, 1.82) is 0 Å². The maximum atomic E-state index is 4.72. The summed E-state index contributed by atoms with van der Waals surface area (Å²) in [4.78, 5) is 8.91. The van der Waals surface area contributed by atoms with Gasteiger partial charge in [-0.1, -0.05) is 57.6 Å². The summed E-state index contributed by atoms with van der Waals surface area (Å²) in [5.74, 6) is 0. The zero-order valence-corrected chi connectivity index (χ0v) is 14.8. The topological polar surface area (TPSA) is 46.0 Å². The van der Waals surface area contributed by atoms with Gasteiger partial charge in [-0.3, -0.25) is 0 Å². The molecule has 0 unspecified atom stereocenters. The average Bonchev–Trinajstić information content (AvgIpc) is 3.27. The number of nitrogens with one attached hydrogen (secondary N) is 1. The molecular weight excluding hydrogens is 384 g/mol. The van der Waals surface area contributed by atoms with Gasteiger partial charge in [0, 0.05) is 32.7 Å². The molecule has 5 aromatic rings. The number of H-pyrrole nitrogens is 1. The molecule has 6 heteroatoms. The molecule has 5 rings (SSSR count). The Morgan fingerprint density at radius 1 is 1.08 bits per heavy atom. The van der Waals surface area contributed by atoms with Crippen LogP contribution in [0, 0.1) is 0 Å². The van der Waals surface area contributed by atoms with Gasteiger partial charge < -0.3 is 4.98 Å². The molecule has 2 aromatic carbocycles. The van der Waals surface area contributed by atoms with Crippen molar-refractivity contribution in [2.24, 2.45) is 0 Å². The molecule has 0 bridgehead atoms. The van der Waals surface area contributed by atoms with Crippen LogP contribution in [0.4, 0.5) is 0 Å². The van der Waals surface area contributed by atoms with Gasteiger partial charge in [-0.05, 0) is 18.2 Å². The van der Waals surface area contributed by atoms with E-state index in [1.54, 1.807) is 11.3 Å². The van der Waals surface area contributed by atoms with Gasteiger partial charge >= 0.3 is 0 Å². The highest BCUT2D eigenvalue weighted by Crippen LogP contribution is 2.34. The van der Waals surface area contributed by atoms with E-state index in [0.717, 1.165) is 42.2 Å². The SMILES string of the molecule is Brc1ccc2[nH]cc(-c3nn4cc(-c5ccccc5)nc4s3)c2c1. The van der Waals surface area contributed by atoms with Crippen molar-refractivity contribution < 1.29 is 0 Å². The second-order valence-corrected chi connectivity index (χ2v) is 7.39. The van der Waals surface area contributed by atoms with Crippen LogP contribution >= 0.6 is 27.3 Å². The number of fused-ring (bicyclic) bond motifs is 2. The average molecular weight is 395 g/mol. The molecule has 0 fully saturated rings. The third-order valence-electron chi connectivity index (χ3n) is 3.99. The first-order chi connectivity index (χ1) is 11.8. The van der Waals surface area contributed by atoms with Crippen molar-refractivity contribution in [3.05, 3.63) is 65.4 Å². The maximum absolute atomic E-state index is 4.72. The lowest BCUT2D eigenvalue weighted by atomic mass is 10.2. The van der Waals surface area contributed by atoms with Crippen molar-refractivity contribution >= 4 is 43.1 Å². The van der Waals surface area contributed by atoms with Gasteiger partial charge in [-0.25, -0.2) is 9.50 Å². The van der Waals surface area contributed by atoms with Gasteiger partial charge in [0.25, 0.3) is 0 Å². The predicted molar refractivity (Wildman–Crippen MR) is 101 cm³/mol. The van der Waals surface area contributed by atoms with Gasteiger partial charge in [-0.15, -0.1) is 0 Å². The minimum absolute atomic E-state index is 0.896. The largest absolute Gasteiger partial charge is 0.360 e. The van der Waals surface area contributed by atoms with E-state index < -0.39 is 0 Å². The zero-order valence-electron chi connectivity index (χ0n) is 12.4. The monoisotopic (exact) mass is 394 g/mol. The molecule has 0 aliphatic rings. The molecule has 0 aliphatic carbocycles. The summed E-state index contributed by atoms with van der Waals surface area (Å²) >= 11 is 5.13. The van der Waals surface area contributed by atoms with Crippen LogP contribution in [-0.4, -0.2) is 19.6 Å². The number of aromatic nitrogens is 4. The van der Waals surface area contributed by atoms with Crippen molar-refractivity contribution in [2.45, 2.75) is 0 Å². The third kappa shape index (κ3) is 2.18. The van der Waals surface area contributed by atoms with Crippen molar-refractivity contribution in [3.63, 3.8) is 0 Å². The summed E-state index contributed by atoms with van der Waals surface area (Å²) in [6.07, 6.45) is 3.99. The number of hydrogen-bond donors (Lipinski definition) is 1. The maximum Gasteiger partial charge on any atom is 0.213 e. The zero-order chi connectivity index (χ0) is 16.1. The highest BCUT2D eigenvalue weighted by atomic mass is 79.9. The van der Waals surface area contributed by atoms with Crippen LogP contribution in [0.15, 0.2) is 65.4 Å². The van der Waals surface area contributed by atoms with Crippen LogP contribution < -0.4 is 0 Å². The summed E-state index contributed by atoms with van der Waals surface area (Å²) in [6.45, 7) is 0. The normalized spacial score (nSPS) is 11.5. The van der Waals surface area contributed by atoms with Crippen LogP contribution in [0.1, 0.15) is 0 Å². The van der Waals surface area contributed by atoms with E-state index in [9.17, 15) is 0 Å². The highest BCUT2D eigenvalue weighted by molar-refractivity contribution is 9.10. The molecule has 24 heavy (non-hydrogen) atoms. The minimum Gasteiger partial charge on any atom is -0.360 e. The molecule has 0 saturated carbocycles. The minimum atomic E-state index is 0.896. The van der Waals surface area contributed by atoms with Gasteiger partial charge in [-0.2, -0.15) is 5.10 Å². The Labute approximate surface area is 149 Å². The number of hydrogen-bond acceptors (Lipinski definition) is 3. The second kappa shape index (κ2) is 5.29. The number of benzene rings is 2. The summed E-state index contributed by atoms with van der Waals surface area (Å²) < 4.78 is 2.92. The molecule has 4 nitrogen and oxygen atoms in total. The number of rotatable bonds is 2. The van der Waals surface area contributed by atoms with Crippen molar-refractivity contribution in [3.8, 4) is 21.8 Å². The van der Waals surface area contributed by atoms with E-state index in [0.29, 0.717) is 0 Å². The molecule has 116 valence electrons. The lowest BCUT2D eigenvalue weighted by molar-refractivity contribution is 0.979. The smallest absolute Gasteiger partial charge is 0.213 e. The summed E-state index contributed by atoms with van der Waals surface area (Å²) in [5.41, 5.74) is 4.25.